The second-order valence-electron chi connectivity index (χ2n) is 6.46. The number of methoxy groups -OCH3 is 1. The van der Waals surface area contributed by atoms with E-state index in [1.165, 1.54) is 6.20 Å². The first-order valence-corrected chi connectivity index (χ1v) is 8.93. The van der Waals surface area contributed by atoms with Crippen molar-refractivity contribution in [3.63, 3.8) is 0 Å². The number of pyridine rings is 1. The summed E-state index contributed by atoms with van der Waals surface area (Å²) in [6.45, 7) is 1.33. The van der Waals surface area contributed by atoms with Gasteiger partial charge >= 0.3 is 5.97 Å². The maximum Gasteiger partial charge on any atom is 0.314 e. The molecule has 2 fully saturated rings. The van der Waals surface area contributed by atoms with E-state index in [4.69, 9.17) is 23.7 Å². The van der Waals surface area contributed by atoms with E-state index in [-0.39, 0.29) is 11.9 Å². The Kier molecular flexibility index (Phi) is 5.22. The summed E-state index contributed by atoms with van der Waals surface area (Å²) in [5, 5.41) is 0. The molecule has 1 saturated carbocycles. The third kappa shape index (κ3) is 4.37. The van der Waals surface area contributed by atoms with Gasteiger partial charge in [-0.25, -0.2) is 4.98 Å². The van der Waals surface area contributed by atoms with Gasteiger partial charge in [0.1, 0.15) is 23.8 Å². The highest BCUT2D eigenvalue weighted by Gasteiger charge is 2.32. The summed E-state index contributed by atoms with van der Waals surface area (Å²) in [7, 11) is 1.62. The van der Waals surface area contributed by atoms with Gasteiger partial charge in [0.25, 0.3) is 0 Å². The van der Waals surface area contributed by atoms with Gasteiger partial charge in [0.05, 0.1) is 32.4 Å². The molecule has 0 unspecified atom stereocenters. The number of esters is 1. The zero-order chi connectivity index (χ0) is 18.6. The standard InChI is InChI=1S/C20H21NO6/c1-23-15-6-2-13(3-7-15)12-26-17-10-16(27-19(22)14-4-5-14)11-21-18(17)20-24-8-9-25-20/h2-3,6-7,10-11,14,20H,4-5,8-9,12H2,1H3. The Hall–Kier alpha value is -2.64. The maximum absolute atomic E-state index is 11.9. The zero-order valence-electron chi connectivity index (χ0n) is 15.1. The first-order valence-electron chi connectivity index (χ1n) is 8.93. The lowest BCUT2D eigenvalue weighted by Gasteiger charge is -2.16. The van der Waals surface area contributed by atoms with Gasteiger partial charge in [0.2, 0.25) is 6.29 Å². The van der Waals surface area contributed by atoms with Crippen LogP contribution in [0.15, 0.2) is 36.5 Å². The quantitative estimate of drug-likeness (QED) is 0.693. The summed E-state index contributed by atoms with van der Waals surface area (Å²) in [6.07, 6.45) is 2.69. The number of hydrogen-bond donors (Lipinski definition) is 0. The molecule has 0 N–H and O–H groups in total. The fraction of sp³-hybridized carbons (Fsp3) is 0.400. The van der Waals surface area contributed by atoms with Gasteiger partial charge in [0, 0.05) is 6.07 Å². The Morgan fingerprint density at radius 2 is 1.89 bits per heavy atom. The lowest BCUT2D eigenvalue weighted by Crippen LogP contribution is -2.11. The van der Waals surface area contributed by atoms with Gasteiger partial charge in [-0.3, -0.25) is 4.79 Å². The van der Waals surface area contributed by atoms with Crippen LogP contribution < -0.4 is 14.2 Å². The van der Waals surface area contributed by atoms with E-state index in [1.807, 2.05) is 24.3 Å². The van der Waals surface area contributed by atoms with Gasteiger partial charge in [-0.1, -0.05) is 12.1 Å². The van der Waals surface area contributed by atoms with Gasteiger partial charge < -0.3 is 23.7 Å². The predicted molar refractivity (Wildman–Crippen MR) is 94.6 cm³/mol. The lowest BCUT2D eigenvalue weighted by molar-refractivity contribution is -0.135. The van der Waals surface area contributed by atoms with E-state index in [0.29, 0.717) is 37.0 Å². The average Bonchev–Trinajstić information content (AvgIpc) is 3.42. The molecule has 1 aliphatic heterocycles. The first-order chi connectivity index (χ1) is 13.2. The van der Waals surface area contributed by atoms with Crippen molar-refractivity contribution in [1.29, 1.82) is 0 Å². The van der Waals surface area contributed by atoms with Crippen LogP contribution in [0.3, 0.4) is 0 Å². The molecule has 0 spiro atoms. The van der Waals surface area contributed by atoms with Crippen molar-refractivity contribution in [2.24, 2.45) is 5.92 Å². The Bertz CT molecular complexity index is 797. The second-order valence-corrected chi connectivity index (χ2v) is 6.46. The highest BCUT2D eigenvalue weighted by Crippen LogP contribution is 2.34. The molecule has 2 heterocycles. The lowest BCUT2D eigenvalue weighted by atomic mass is 10.2. The number of carbonyl (C=O) groups is 1. The highest BCUT2D eigenvalue weighted by atomic mass is 16.7. The van der Waals surface area contributed by atoms with Crippen molar-refractivity contribution < 1.29 is 28.5 Å². The van der Waals surface area contributed by atoms with Crippen LogP contribution in [-0.2, 0) is 20.9 Å². The number of hydrogen-bond acceptors (Lipinski definition) is 7. The minimum absolute atomic E-state index is 0.00911. The zero-order valence-corrected chi connectivity index (χ0v) is 15.1. The van der Waals surface area contributed by atoms with E-state index in [1.54, 1.807) is 13.2 Å². The fourth-order valence-corrected chi connectivity index (χ4v) is 2.70. The molecule has 1 aromatic carbocycles. The van der Waals surface area contributed by atoms with Gasteiger partial charge in [-0.05, 0) is 30.5 Å². The van der Waals surface area contributed by atoms with Crippen LogP contribution in [-0.4, -0.2) is 31.3 Å². The molecule has 0 bridgehead atoms. The van der Waals surface area contributed by atoms with Crippen molar-refractivity contribution in [2.45, 2.75) is 25.7 Å². The van der Waals surface area contributed by atoms with Gasteiger partial charge in [0.15, 0.2) is 5.75 Å². The molecule has 0 amide bonds. The van der Waals surface area contributed by atoms with Gasteiger partial charge in [-0.2, -0.15) is 0 Å². The summed E-state index contributed by atoms with van der Waals surface area (Å²) in [6, 6.07) is 9.25. The second kappa shape index (κ2) is 7.94. The third-order valence-corrected chi connectivity index (χ3v) is 4.38. The summed E-state index contributed by atoms with van der Waals surface area (Å²) < 4.78 is 27.6. The molecule has 142 valence electrons. The van der Waals surface area contributed by atoms with E-state index in [9.17, 15) is 4.79 Å². The number of nitrogens with zero attached hydrogens (tertiary/aromatic N) is 1. The molecule has 4 rings (SSSR count). The monoisotopic (exact) mass is 371 g/mol. The largest absolute Gasteiger partial charge is 0.497 e. The number of ether oxygens (including phenoxy) is 5. The van der Waals surface area contributed by atoms with Crippen LogP contribution in [0.1, 0.15) is 30.4 Å². The number of aromatic nitrogens is 1. The first kappa shape index (κ1) is 17.8. The number of benzene rings is 1. The number of rotatable bonds is 7. The van der Waals surface area contributed by atoms with Crippen LogP contribution in [0.2, 0.25) is 0 Å². The topological polar surface area (TPSA) is 76.1 Å². The fourth-order valence-electron chi connectivity index (χ4n) is 2.70. The van der Waals surface area contributed by atoms with Crippen molar-refractivity contribution in [3.8, 4) is 17.2 Å². The molecule has 1 aliphatic carbocycles. The van der Waals surface area contributed by atoms with Crippen LogP contribution in [0, 0.1) is 5.92 Å². The predicted octanol–water partition coefficient (Wildman–Crippen LogP) is 3.03. The Morgan fingerprint density at radius 1 is 1.15 bits per heavy atom. The van der Waals surface area contributed by atoms with Crippen LogP contribution in [0.4, 0.5) is 0 Å². The molecule has 0 radical (unpaired) electrons. The Morgan fingerprint density at radius 3 is 2.56 bits per heavy atom. The summed E-state index contributed by atoms with van der Waals surface area (Å²) in [5.74, 6) is 1.40. The molecular weight excluding hydrogens is 350 g/mol. The third-order valence-electron chi connectivity index (χ3n) is 4.38. The van der Waals surface area contributed by atoms with Crippen molar-refractivity contribution in [3.05, 3.63) is 47.8 Å². The molecule has 1 aromatic heterocycles. The summed E-state index contributed by atoms with van der Waals surface area (Å²) >= 11 is 0. The van der Waals surface area contributed by atoms with E-state index >= 15 is 0 Å². The number of carbonyl (C=O) groups excluding carboxylic acids is 1. The molecule has 2 aromatic rings. The molecular formula is C20H21NO6. The Labute approximate surface area is 157 Å². The van der Waals surface area contributed by atoms with Crippen molar-refractivity contribution in [1.82, 2.24) is 4.98 Å². The molecule has 27 heavy (non-hydrogen) atoms. The van der Waals surface area contributed by atoms with E-state index in [2.05, 4.69) is 4.98 Å². The molecule has 1 saturated heterocycles. The average molecular weight is 371 g/mol. The molecule has 2 aliphatic rings. The molecule has 7 heteroatoms. The van der Waals surface area contributed by atoms with Crippen LogP contribution in [0.5, 0.6) is 17.2 Å². The minimum Gasteiger partial charge on any atom is -0.497 e. The van der Waals surface area contributed by atoms with Gasteiger partial charge in [-0.15, -0.1) is 0 Å². The highest BCUT2D eigenvalue weighted by molar-refractivity contribution is 5.77. The van der Waals surface area contributed by atoms with Crippen molar-refractivity contribution in [2.75, 3.05) is 20.3 Å². The Balaban J connectivity index is 1.51. The SMILES string of the molecule is COc1ccc(COc2cc(OC(=O)C3CC3)cnc2C2OCCO2)cc1. The smallest absolute Gasteiger partial charge is 0.314 e. The normalized spacial score (nSPS) is 16.9. The van der Waals surface area contributed by atoms with Crippen LogP contribution >= 0.6 is 0 Å². The van der Waals surface area contributed by atoms with E-state index in [0.717, 1.165) is 24.2 Å². The maximum atomic E-state index is 11.9. The molecule has 7 nitrogen and oxygen atoms in total. The van der Waals surface area contributed by atoms with E-state index < -0.39 is 6.29 Å². The molecule has 0 atom stereocenters. The minimum atomic E-state index is -0.580. The van der Waals surface area contributed by atoms with Crippen LogP contribution in [0.25, 0.3) is 0 Å². The van der Waals surface area contributed by atoms with Crippen molar-refractivity contribution >= 4 is 5.97 Å². The summed E-state index contributed by atoms with van der Waals surface area (Å²) in [5.41, 5.74) is 1.50. The summed E-state index contributed by atoms with van der Waals surface area (Å²) in [4.78, 5) is 16.3.